The molecule has 0 aliphatic carbocycles. The predicted octanol–water partition coefficient (Wildman–Crippen LogP) is 5.29. The average molecular weight is 545 g/mol. The van der Waals surface area contributed by atoms with Crippen molar-refractivity contribution in [1.82, 2.24) is 0 Å². The molecule has 0 radical (unpaired) electrons. The quantitative estimate of drug-likeness (QED) is 0.388. The van der Waals surface area contributed by atoms with Crippen molar-refractivity contribution in [2.75, 3.05) is 0 Å². The summed E-state index contributed by atoms with van der Waals surface area (Å²) in [5, 5.41) is 44.0. The Hall–Kier alpha value is 0.0569. The summed E-state index contributed by atoms with van der Waals surface area (Å²) in [4.78, 5) is 0. The van der Waals surface area contributed by atoms with Crippen LogP contribution in [0.2, 0.25) is 0 Å². The van der Waals surface area contributed by atoms with Crippen LogP contribution in [0.15, 0.2) is 0 Å². The van der Waals surface area contributed by atoms with Crippen LogP contribution in [0.5, 0.6) is 0 Å². The maximum Gasteiger partial charge on any atom is 4.00 e. The second-order valence-corrected chi connectivity index (χ2v) is 14.5. The molecule has 4 nitrogen and oxygen atoms in total. The molecule has 224 valence electrons. The van der Waals surface area contributed by atoms with E-state index in [-0.39, 0.29) is 32.6 Å². The monoisotopic (exact) mass is 544 g/mol. The predicted molar refractivity (Wildman–Crippen MR) is 158 cm³/mol. The molecule has 0 aromatic rings. The Morgan fingerprint density at radius 2 is 0.378 bits per heavy atom. The molecule has 0 heterocycles. The molecule has 0 saturated heterocycles. The van der Waals surface area contributed by atoms with Crippen LogP contribution < -0.4 is 20.4 Å². The van der Waals surface area contributed by atoms with Gasteiger partial charge >= 0.3 is 11.0 Å². The van der Waals surface area contributed by atoms with E-state index < -0.39 is 24.4 Å². The van der Waals surface area contributed by atoms with Crippen LogP contribution in [0.4, 0.5) is 0 Å². The van der Waals surface area contributed by atoms with E-state index in [0.717, 1.165) is 0 Å². The van der Waals surface area contributed by atoms with Crippen LogP contribution in [-0.4, -0.2) is 35.4 Å². The first-order valence-electron chi connectivity index (χ1n) is 14.2. The van der Waals surface area contributed by atoms with Crippen molar-refractivity contribution in [2.24, 2.45) is 45.3 Å². The van der Waals surface area contributed by atoms with Crippen LogP contribution in [0, 0.1) is 45.3 Å². The van der Waals surface area contributed by atoms with Gasteiger partial charge in [0.1, 0.15) is 0 Å². The van der Waals surface area contributed by atoms with Gasteiger partial charge in [-0.15, -0.1) is 24.4 Å². The zero-order valence-electron chi connectivity index (χ0n) is 28.8. The summed E-state index contributed by atoms with van der Waals surface area (Å²) in [6, 6.07) is 0. The Bertz CT molecular complexity index is 393. The maximum absolute atomic E-state index is 11.0. The molecular weight excluding hydrogens is 476 g/mol. The molecule has 0 fully saturated rings. The summed E-state index contributed by atoms with van der Waals surface area (Å²) >= 11 is 0. The van der Waals surface area contributed by atoms with Crippen molar-refractivity contribution in [2.45, 2.75) is 163 Å². The van der Waals surface area contributed by atoms with E-state index in [1.165, 1.54) is 0 Å². The van der Waals surface area contributed by atoms with Gasteiger partial charge in [-0.05, 0) is 45.3 Å². The first kappa shape index (κ1) is 46.9. The SMILES string of the molecule is CC(C)C(C)(C)C(C)[O-].CC(C)C(C)(C)C(C)[O-].CC(C)C(C)(C)C(C)[O-].CC(C)C(C)(C)C(C)[O-].[Si+4]. The topological polar surface area (TPSA) is 92.2 Å². The largest absolute Gasteiger partial charge is 4.00 e. The van der Waals surface area contributed by atoms with E-state index in [1.54, 1.807) is 27.7 Å². The normalized spacial score (nSPS) is 15.9. The van der Waals surface area contributed by atoms with E-state index in [1.807, 2.05) is 55.4 Å². The zero-order chi connectivity index (χ0) is 30.6. The molecule has 0 rings (SSSR count). The van der Waals surface area contributed by atoms with Gasteiger partial charge < -0.3 is 20.4 Å². The second-order valence-electron chi connectivity index (χ2n) is 14.5. The molecule has 0 spiro atoms. The average Bonchev–Trinajstić information content (AvgIpc) is 2.68. The van der Waals surface area contributed by atoms with Crippen LogP contribution in [-0.2, 0) is 0 Å². The Morgan fingerprint density at radius 1 is 0.297 bits per heavy atom. The number of hydrogen-bond donors (Lipinski definition) is 0. The molecule has 0 amide bonds. The minimum atomic E-state index is -0.461. The first-order valence-corrected chi connectivity index (χ1v) is 14.2. The van der Waals surface area contributed by atoms with Crippen LogP contribution in [0.3, 0.4) is 0 Å². The minimum absolute atomic E-state index is 0. The third-order valence-electron chi connectivity index (χ3n) is 10.1. The molecule has 4 unspecified atom stereocenters. The third kappa shape index (κ3) is 18.1. The second kappa shape index (κ2) is 19.2. The van der Waals surface area contributed by atoms with Gasteiger partial charge in [0.25, 0.3) is 0 Å². The summed E-state index contributed by atoms with van der Waals surface area (Å²) in [6.07, 6.45) is -1.84. The van der Waals surface area contributed by atoms with Crippen molar-refractivity contribution in [1.29, 1.82) is 0 Å². The van der Waals surface area contributed by atoms with E-state index in [0.29, 0.717) is 23.7 Å². The van der Waals surface area contributed by atoms with Gasteiger partial charge in [0.05, 0.1) is 0 Å². The van der Waals surface area contributed by atoms with Crippen molar-refractivity contribution >= 4 is 11.0 Å². The molecular formula is C32H68O4Si. The van der Waals surface area contributed by atoms with E-state index in [4.69, 9.17) is 0 Å². The van der Waals surface area contributed by atoms with Crippen LogP contribution in [0.25, 0.3) is 0 Å². The molecule has 0 aromatic heterocycles. The fourth-order valence-electron chi connectivity index (χ4n) is 1.88. The zero-order valence-corrected chi connectivity index (χ0v) is 29.8. The van der Waals surface area contributed by atoms with Crippen molar-refractivity contribution in [3.63, 3.8) is 0 Å². The van der Waals surface area contributed by atoms with Gasteiger partial charge in [-0.25, -0.2) is 0 Å². The standard InChI is InChI=1S/4C8H17O.Si/c4*1-6(2)8(4,5)7(3)9;/h4*6-7H,1-5H3;/q4*-1;+4. The van der Waals surface area contributed by atoms with Gasteiger partial charge in [0, 0.05) is 0 Å². The molecule has 0 aromatic carbocycles. The molecule has 0 aliphatic rings. The summed E-state index contributed by atoms with van der Waals surface area (Å²) in [7, 11) is 0. The Kier molecular flexibility index (Phi) is 24.3. The van der Waals surface area contributed by atoms with Crippen LogP contribution in [0.1, 0.15) is 138 Å². The van der Waals surface area contributed by atoms with Crippen LogP contribution >= 0.6 is 0 Å². The van der Waals surface area contributed by atoms with Gasteiger partial charge in [0.15, 0.2) is 0 Å². The Balaban J connectivity index is -0.000000122. The fourth-order valence-corrected chi connectivity index (χ4v) is 1.88. The van der Waals surface area contributed by atoms with Gasteiger partial charge in [0.2, 0.25) is 0 Å². The molecule has 0 saturated carbocycles. The summed E-state index contributed by atoms with van der Waals surface area (Å²) < 4.78 is 0. The molecule has 0 aliphatic heterocycles. The fraction of sp³-hybridized carbons (Fsp3) is 1.00. The van der Waals surface area contributed by atoms with Gasteiger partial charge in [-0.2, -0.15) is 0 Å². The molecule has 0 N–H and O–H groups in total. The van der Waals surface area contributed by atoms with E-state index >= 15 is 0 Å². The molecule has 4 atom stereocenters. The number of rotatable bonds is 8. The van der Waals surface area contributed by atoms with Gasteiger partial charge in [-0.1, -0.05) is 138 Å². The molecule has 37 heavy (non-hydrogen) atoms. The van der Waals surface area contributed by atoms with E-state index in [2.05, 4.69) is 55.4 Å². The van der Waals surface area contributed by atoms with Crippen molar-refractivity contribution in [3.8, 4) is 0 Å². The summed E-state index contributed by atoms with van der Waals surface area (Å²) in [5.74, 6) is 1.91. The number of hydrogen-bond acceptors (Lipinski definition) is 4. The molecule has 5 heteroatoms. The van der Waals surface area contributed by atoms with E-state index in [9.17, 15) is 20.4 Å². The first-order chi connectivity index (χ1) is 15.5. The minimum Gasteiger partial charge on any atom is -0.852 e. The summed E-state index contributed by atoms with van der Waals surface area (Å²) in [5.41, 5.74) is -0.222. The third-order valence-corrected chi connectivity index (χ3v) is 10.1. The smallest absolute Gasteiger partial charge is 0.852 e. The summed E-state index contributed by atoms with van der Waals surface area (Å²) in [6.45, 7) is 39.9. The maximum atomic E-state index is 11.0. The van der Waals surface area contributed by atoms with Crippen molar-refractivity contribution < 1.29 is 20.4 Å². The Morgan fingerprint density at radius 3 is 0.378 bits per heavy atom. The molecule has 0 bridgehead atoms. The van der Waals surface area contributed by atoms with Crippen molar-refractivity contribution in [3.05, 3.63) is 0 Å². The van der Waals surface area contributed by atoms with Gasteiger partial charge in [-0.3, -0.25) is 0 Å². The Labute approximate surface area is 239 Å².